The molecule has 0 saturated carbocycles. The molecule has 2 rings (SSSR count). The summed E-state index contributed by atoms with van der Waals surface area (Å²) in [5.74, 6) is -0.438. The van der Waals surface area contributed by atoms with E-state index < -0.39 is 10.8 Å². The molecule has 3 N–H and O–H groups in total. The van der Waals surface area contributed by atoms with Crippen LogP contribution in [-0.2, 0) is 11.3 Å². The zero-order chi connectivity index (χ0) is 16.1. The van der Waals surface area contributed by atoms with Gasteiger partial charge in [-0.2, -0.15) is 5.10 Å². The minimum Gasteiger partial charge on any atom is -0.367 e. The third-order valence-electron chi connectivity index (χ3n) is 2.70. The predicted molar refractivity (Wildman–Crippen MR) is 75.7 cm³/mol. The van der Waals surface area contributed by atoms with E-state index in [1.165, 1.54) is 12.1 Å². The van der Waals surface area contributed by atoms with E-state index >= 15 is 0 Å². The van der Waals surface area contributed by atoms with Crippen LogP contribution in [0, 0.1) is 10.1 Å². The Morgan fingerprint density at radius 2 is 2.14 bits per heavy atom. The molecule has 1 aromatic heterocycles. The van der Waals surface area contributed by atoms with Crippen LogP contribution >= 0.6 is 0 Å². The Bertz CT molecular complexity index is 721. The Labute approximate surface area is 124 Å². The van der Waals surface area contributed by atoms with Crippen molar-refractivity contribution in [2.75, 3.05) is 5.73 Å². The summed E-state index contributed by atoms with van der Waals surface area (Å²) in [5.41, 5.74) is 8.88. The fourth-order valence-corrected chi connectivity index (χ4v) is 1.53. The van der Waals surface area contributed by atoms with Crippen molar-refractivity contribution in [2.24, 2.45) is 5.10 Å². The lowest BCUT2D eigenvalue weighted by molar-refractivity contribution is -0.384. The number of anilines is 1. The van der Waals surface area contributed by atoms with Gasteiger partial charge in [-0.1, -0.05) is 5.10 Å². The monoisotopic (exact) mass is 304 g/mol. The number of nitro benzene ring substituents is 1. The van der Waals surface area contributed by atoms with Crippen molar-refractivity contribution in [3.8, 4) is 0 Å². The van der Waals surface area contributed by atoms with E-state index in [-0.39, 0.29) is 18.2 Å². The fourth-order valence-electron chi connectivity index (χ4n) is 1.53. The minimum absolute atomic E-state index is 0.0188. The number of hydrogen-bond acceptors (Lipinski definition) is 8. The Morgan fingerprint density at radius 3 is 2.68 bits per heavy atom. The average molecular weight is 304 g/mol. The number of nitro groups is 1. The van der Waals surface area contributed by atoms with E-state index in [1.54, 1.807) is 19.1 Å². The number of nitrogens with one attached hydrogen (secondary N) is 1. The topological polar surface area (TPSA) is 154 Å². The van der Waals surface area contributed by atoms with Crippen molar-refractivity contribution in [3.05, 3.63) is 39.9 Å². The molecule has 0 radical (unpaired) electrons. The Kier molecular flexibility index (Phi) is 4.36. The van der Waals surface area contributed by atoms with Crippen molar-refractivity contribution in [1.82, 2.24) is 25.6 Å². The summed E-state index contributed by atoms with van der Waals surface area (Å²) in [4.78, 5) is 21.7. The molecule has 0 unspecified atom stereocenters. The molecule has 0 saturated heterocycles. The first-order chi connectivity index (χ1) is 10.5. The van der Waals surface area contributed by atoms with Crippen molar-refractivity contribution in [3.63, 3.8) is 0 Å². The molecule has 0 atom stereocenters. The van der Waals surface area contributed by atoms with Gasteiger partial charge in [0, 0.05) is 12.1 Å². The van der Waals surface area contributed by atoms with E-state index in [2.05, 4.69) is 26.1 Å². The Morgan fingerprint density at radius 1 is 1.45 bits per heavy atom. The second kappa shape index (κ2) is 6.39. The molecule has 114 valence electrons. The van der Waals surface area contributed by atoms with E-state index in [0.717, 1.165) is 4.68 Å². The number of nitrogens with two attached hydrogens (primary N) is 1. The van der Waals surface area contributed by atoms with Gasteiger partial charge in [0.1, 0.15) is 6.54 Å². The number of amides is 1. The highest BCUT2D eigenvalue weighted by atomic mass is 16.6. The lowest BCUT2D eigenvalue weighted by atomic mass is 10.1. The van der Waals surface area contributed by atoms with E-state index in [1.807, 2.05) is 0 Å². The summed E-state index contributed by atoms with van der Waals surface area (Å²) in [6.07, 6.45) is 0. The van der Waals surface area contributed by atoms with Gasteiger partial charge in [0.2, 0.25) is 5.95 Å². The first kappa shape index (κ1) is 15.0. The highest BCUT2D eigenvalue weighted by Gasteiger charge is 2.08. The van der Waals surface area contributed by atoms with Crippen LogP contribution in [0.5, 0.6) is 0 Å². The molecule has 1 heterocycles. The van der Waals surface area contributed by atoms with Gasteiger partial charge in [-0.15, -0.1) is 0 Å². The number of carbonyl (C=O) groups is 1. The quantitative estimate of drug-likeness (QED) is 0.436. The molecular formula is C11H12N8O3. The van der Waals surface area contributed by atoms with Crippen LogP contribution in [0.4, 0.5) is 11.6 Å². The second-order valence-electron chi connectivity index (χ2n) is 4.23. The molecule has 1 aromatic carbocycles. The lowest BCUT2D eigenvalue weighted by Gasteiger charge is -2.03. The minimum atomic E-state index is -0.491. The fraction of sp³-hybridized carbons (Fsp3) is 0.182. The first-order valence-corrected chi connectivity index (χ1v) is 6.07. The van der Waals surface area contributed by atoms with Crippen molar-refractivity contribution in [1.29, 1.82) is 0 Å². The Hall–Kier alpha value is -3.37. The SMILES string of the molecule is C/C(=N/NC(=O)Cn1nnnc1N)c1ccc([N+](=O)[O-])cc1. The first-order valence-electron chi connectivity index (χ1n) is 6.07. The maximum atomic E-state index is 11.7. The smallest absolute Gasteiger partial charge is 0.269 e. The number of hydrazone groups is 1. The second-order valence-corrected chi connectivity index (χ2v) is 4.23. The van der Waals surface area contributed by atoms with Gasteiger partial charge in [0.05, 0.1) is 10.6 Å². The van der Waals surface area contributed by atoms with Gasteiger partial charge >= 0.3 is 0 Å². The molecule has 0 aliphatic carbocycles. The van der Waals surface area contributed by atoms with E-state index in [9.17, 15) is 14.9 Å². The summed E-state index contributed by atoms with van der Waals surface area (Å²) < 4.78 is 1.12. The number of hydrogen-bond donors (Lipinski definition) is 2. The molecule has 0 bridgehead atoms. The number of benzene rings is 1. The zero-order valence-electron chi connectivity index (χ0n) is 11.5. The summed E-state index contributed by atoms with van der Waals surface area (Å²) in [7, 11) is 0. The van der Waals surface area contributed by atoms with E-state index in [4.69, 9.17) is 5.73 Å². The summed E-state index contributed by atoms with van der Waals surface area (Å²) in [6.45, 7) is 1.49. The largest absolute Gasteiger partial charge is 0.367 e. The van der Waals surface area contributed by atoms with Gasteiger partial charge in [-0.05, 0) is 35.0 Å². The van der Waals surface area contributed by atoms with Gasteiger partial charge in [-0.25, -0.2) is 10.1 Å². The van der Waals surface area contributed by atoms with Crippen molar-refractivity contribution >= 4 is 23.3 Å². The summed E-state index contributed by atoms with van der Waals surface area (Å²) in [6, 6.07) is 5.81. The van der Waals surface area contributed by atoms with Crippen LogP contribution in [0.2, 0.25) is 0 Å². The van der Waals surface area contributed by atoms with Crippen LogP contribution in [-0.4, -0.2) is 36.7 Å². The van der Waals surface area contributed by atoms with Crippen LogP contribution in [0.1, 0.15) is 12.5 Å². The zero-order valence-corrected chi connectivity index (χ0v) is 11.5. The lowest BCUT2D eigenvalue weighted by Crippen LogP contribution is -2.25. The number of rotatable bonds is 5. The van der Waals surface area contributed by atoms with Gasteiger partial charge < -0.3 is 5.73 Å². The number of aromatic nitrogens is 4. The van der Waals surface area contributed by atoms with Crippen molar-refractivity contribution < 1.29 is 9.72 Å². The molecule has 11 nitrogen and oxygen atoms in total. The summed E-state index contributed by atoms with van der Waals surface area (Å²) >= 11 is 0. The number of tetrazole rings is 1. The highest BCUT2D eigenvalue weighted by molar-refractivity contribution is 5.99. The molecule has 0 aliphatic heterocycles. The highest BCUT2D eigenvalue weighted by Crippen LogP contribution is 2.12. The Balaban J connectivity index is 1.98. The third kappa shape index (κ3) is 3.59. The maximum absolute atomic E-state index is 11.7. The molecule has 11 heteroatoms. The standard InChI is InChI=1S/C11H12N8O3/c1-7(8-2-4-9(5-3-8)19(21)22)13-14-10(20)6-18-11(12)15-16-17-18/h2-5H,6H2,1H3,(H,14,20)(H2,12,15,17)/b13-7-. The number of non-ortho nitro benzene ring substituents is 1. The van der Waals surface area contributed by atoms with Crippen LogP contribution < -0.4 is 11.2 Å². The van der Waals surface area contributed by atoms with E-state index in [0.29, 0.717) is 11.3 Å². The van der Waals surface area contributed by atoms with Gasteiger partial charge in [0.15, 0.2) is 0 Å². The molecule has 0 aliphatic rings. The number of carbonyl (C=O) groups excluding carboxylic acids is 1. The molecular weight excluding hydrogens is 292 g/mol. The van der Waals surface area contributed by atoms with Gasteiger partial charge in [-0.3, -0.25) is 14.9 Å². The van der Waals surface area contributed by atoms with Crippen molar-refractivity contribution in [2.45, 2.75) is 13.5 Å². The van der Waals surface area contributed by atoms with Crippen LogP contribution in [0.3, 0.4) is 0 Å². The third-order valence-corrected chi connectivity index (χ3v) is 2.70. The molecule has 22 heavy (non-hydrogen) atoms. The molecule has 2 aromatic rings. The average Bonchev–Trinajstić information content (AvgIpc) is 2.90. The molecule has 0 fully saturated rings. The van der Waals surface area contributed by atoms with Crippen LogP contribution in [0.15, 0.2) is 29.4 Å². The maximum Gasteiger partial charge on any atom is 0.269 e. The molecule has 1 amide bonds. The normalized spacial score (nSPS) is 11.2. The summed E-state index contributed by atoms with van der Waals surface area (Å²) in [5, 5.41) is 24.7. The number of nitrogen functional groups attached to an aromatic ring is 1. The van der Waals surface area contributed by atoms with Gasteiger partial charge in [0.25, 0.3) is 11.6 Å². The molecule has 0 spiro atoms. The van der Waals surface area contributed by atoms with Crippen LogP contribution in [0.25, 0.3) is 0 Å². The number of nitrogens with zero attached hydrogens (tertiary/aromatic N) is 6. The predicted octanol–water partition coefficient (Wildman–Crippen LogP) is -0.296.